The topological polar surface area (TPSA) is 40.5 Å². The van der Waals surface area contributed by atoms with Gasteiger partial charge in [0, 0.05) is 5.56 Å². The zero-order valence-electron chi connectivity index (χ0n) is 7.93. The van der Waals surface area contributed by atoms with Crippen molar-refractivity contribution in [2.75, 3.05) is 0 Å². The van der Waals surface area contributed by atoms with Gasteiger partial charge in [-0.05, 0) is 38.5 Å². The highest BCUT2D eigenvalue weighted by Gasteiger charge is 2.24. The van der Waals surface area contributed by atoms with Crippen LogP contribution >= 0.6 is 0 Å². The quantitative estimate of drug-likeness (QED) is 0.701. The molecule has 0 heterocycles. The molecular formula is C10H13FO2. The summed E-state index contributed by atoms with van der Waals surface area (Å²) in [6.07, 6.45) is 0. The summed E-state index contributed by atoms with van der Waals surface area (Å²) in [7, 11) is 0. The fourth-order valence-corrected chi connectivity index (χ4v) is 1.44. The highest BCUT2D eigenvalue weighted by atomic mass is 19.1. The van der Waals surface area contributed by atoms with Crippen molar-refractivity contribution in [2.45, 2.75) is 26.4 Å². The van der Waals surface area contributed by atoms with Crippen molar-refractivity contribution in [3.05, 3.63) is 29.1 Å². The summed E-state index contributed by atoms with van der Waals surface area (Å²) in [5.74, 6) is -0.499. The molecule has 0 aliphatic heterocycles. The fraction of sp³-hybridized carbons (Fsp3) is 0.400. The molecule has 0 atom stereocenters. The van der Waals surface area contributed by atoms with Gasteiger partial charge >= 0.3 is 0 Å². The van der Waals surface area contributed by atoms with Gasteiger partial charge in [-0.3, -0.25) is 0 Å². The van der Waals surface area contributed by atoms with Gasteiger partial charge in [-0.25, -0.2) is 4.39 Å². The van der Waals surface area contributed by atoms with Crippen molar-refractivity contribution in [3.8, 4) is 5.75 Å². The second kappa shape index (κ2) is 3.00. The molecule has 0 saturated heterocycles. The highest BCUT2D eigenvalue weighted by Crippen LogP contribution is 2.32. The average Bonchev–Trinajstić information content (AvgIpc) is 1.95. The molecule has 1 rings (SSSR count). The average molecular weight is 184 g/mol. The molecule has 2 nitrogen and oxygen atoms in total. The Labute approximate surface area is 76.6 Å². The van der Waals surface area contributed by atoms with Gasteiger partial charge in [-0.2, -0.15) is 0 Å². The number of halogens is 1. The highest BCUT2D eigenvalue weighted by molar-refractivity contribution is 5.42. The van der Waals surface area contributed by atoms with Gasteiger partial charge in [-0.1, -0.05) is 0 Å². The predicted octanol–water partition coefficient (Wildman–Crippen LogP) is 2.07. The van der Waals surface area contributed by atoms with Crippen LogP contribution in [0.5, 0.6) is 5.75 Å². The van der Waals surface area contributed by atoms with E-state index < -0.39 is 11.4 Å². The van der Waals surface area contributed by atoms with Crippen molar-refractivity contribution in [2.24, 2.45) is 0 Å². The van der Waals surface area contributed by atoms with Gasteiger partial charge in [0.25, 0.3) is 0 Å². The van der Waals surface area contributed by atoms with Gasteiger partial charge in [0.2, 0.25) is 0 Å². The fourth-order valence-electron chi connectivity index (χ4n) is 1.44. The van der Waals surface area contributed by atoms with Crippen LogP contribution < -0.4 is 0 Å². The lowest BCUT2D eigenvalue weighted by Crippen LogP contribution is -2.18. The van der Waals surface area contributed by atoms with Crippen molar-refractivity contribution < 1.29 is 14.6 Å². The summed E-state index contributed by atoms with van der Waals surface area (Å²) in [6, 6.07) is 2.43. The second-order valence-electron chi connectivity index (χ2n) is 3.63. The minimum absolute atomic E-state index is 0.0774. The summed E-state index contributed by atoms with van der Waals surface area (Å²) in [5.41, 5.74) is -0.698. The Kier molecular flexibility index (Phi) is 2.30. The number of benzene rings is 1. The van der Waals surface area contributed by atoms with E-state index in [1.807, 2.05) is 0 Å². The van der Waals surface area contributed by atoms with E-state index in [0.717, 1.165) is 0 Å². The minimum Gasteiger partial charge on any atom is -0.508 e. The number of hydrogen-bond acceptors (Lipinski definition) is 2. The van der Waals surface area contributed by atoms with E-state index >= 15 is 0 Å². The van der Waals surface area contributed by atoms with Crippen LogP contribution in [0.2, 0.25) is 0 Å². The summed E-state index contributed by atoms with van der Waals surface area (Å²) < 4.78 is 13.1. The SMILES string of the molecule is Cc1c(F)ccc(O)c1C(C)(C)O. The number of phenols is 1. The maximum Gasteiger partial charge on any atom is 0.126 e. The first kappa shape index (κ1) is 9.99. The number of aromatic hydroxyl groups is 1. The number of phenolic OH excluding ortho intramolecular Hbond substituents is 1. The lowest BCUT2D eigenvalue weighted by atomic mass is 9.92. The Morgan fingerprint density at radius 2 is 1.85 bits per heavy atom. The largest absolute Gasteiger partial charge is 0.508 e. The monoisotopic (exact) mass is 184 g/mol. The molecule has 0 saturated carbocycles. The molecule has 0 bridgehead atoms. The summed E-state index contributed by atoms with van der Waals surface area (Å²) in [4.78, 5) is 0. The molecule has 3 heteroatoms. The zero-order chi connectivity index (χ0) is 10.2. The van der Waals surface area contributed by atoms with E-state index in [1.165, 1.54) is 32.9 Å². The van der Waals surface area contributed by atoms with E-state index in [0.29, 0.717) is 0 Å². The van der Waals surface area contributed by atoms with Crippen LogP contribution in [0.25, 0.3) is 0 Å². The molecule has 2 N–H and O–H groups in total. The third-order valence-electron chi connectivity index (χ3n) is 1.99. The first-order chi connectivity index (χ1) is 5.84. The van der Waals surface area contributed by atoms with Crippen molar-refractivity contribution in [3.63, 3.8) is 0 Å². The van der Waals surface area contributed by atoms with Crippen LogP contribution in [-0.2, 0) is 5.60 Å². The second-order valence-corrected chi connectivity index (χ2v) is 3.63. The van der Waals surface area contributed by atoms with Gasteiger partial charge in [0.1, 0.15) is 11.6 Å². The van der Waals surface area contributed by atoms with Crippen LogP contribution in [-0.4, -0.2) is 10.2 Å². The van der Waals surface area contributed by atoms with Gasteiger partial charge in [0.15, 0.2) is 0 Å². The van der Waals surface area contributed by atoms with Gasteiger partial charge in [-0.15, -0.1) is 0 Å². The molecule has 0 fully saturated rings. The maximum absolute atomic E-state index is 13.1. The van der Waals surface area contributed by atoms with E-state index in [9.17, 15) is 14.6 Å². The molecule has 13 heavy (non-hydrogen) atoms. The zero-order valence-corrected chi connectivity index (χ0v) is 7.93. The molecule has 1 aromatic rings. The summed E-state index contributed by atoms with van der Waals surface area (Å²) in [5, 5.41) is 19.1. The lowest BCUT2D eigenvalue weighted by Gasteiger charge is -2.21. The molecule has 0 spiro atoms. The third kappa shape index (κ3) is 1.80. The Morgan fingerprint density at radius 3 is 2.23 bits per heavy atom. The van der Waals surface area contributed by atoms with Gasteiger partial charge < -0.3 is 10.2 Å². The van der Waals surface area contributed by atoms with Crippen LogP contribution in [0.4, 0.5) is 4.39 Å². The lowest BCUT2D eigenvalue weighted by molar-refractivity contribution is 0.0747. The summed E-state index contributed by atoms with van der Waals surface area (Å²) in [6.45, 7) is 4.55. The van der Waals surface area contributed by atoms with Crippen molar-refractivity contribution in [1.82, 2.24) is 0 Å². The minimum atomic E-state index is -1.23. The maximum atomic E-state index is 13.1. The Morgan fingerprint density at radius 1 is 1.31 bits per heavy atom. The molecule has 0 unspecified atom stereocenters. The smallest absolute Gasteiger partial charge is 0.126 e. The van der Waals surface area contributed by atoms with Crippen molar-refractivity contribution >= 4 is 0 Å². The standard InChI is InChI=1S/C10H13FO2/c1-6-7(11)4-5-8(12)9(6)10(2,3)13/h4-5,12-13H,1-3H3. The Balaban J connectivity index is 3.43. The molecule has 0 aliphatic carbocycles. The van der Waals surface area contributed by atoms with Crippen LogP contribution in [0.15, 0.2) is 12.1 Å². The third-order valence-corrected chi connectivity index (χ3v) is 1.99. The molecule has 0 aromatic heterocycles. The predicted molar refractivity (Wildman–Crippen MR) is 48.0 cm³/mol. The number of rotatable bonds is 1. The van der Waals surface area contributed by atoms with E-state index in [-0.39, 0.29) is 16.9 Å². The first-order valence-electron chi connectivity index (χ1n) is 4.05. The van der Waals surface area contributed by atoms with E-state index in [2.05, 4.69) is 0 Å². The van der Waals surface area contributed by atoms with E-state index in [4.69, 9.17) is 0 Å². The first-order valence-corrected chi connectivity index (χ1v) is 4.05. The van der Waals surface area contributed by atoms with Crippen LogP contribution in [0.3, 0.4) is 0 Å². The van der Waals surface area contributed by atoms with Crippen LogP contribution in [0.1, 0.15) is 25.0 Å². The van der Waals surface area contributed by atoms with Crippen molar-refractivity contribution in [1.29, 1.82) is 0 Å². The Hall–Kier alpha value is -1.09. The van der Waals surface area contributed by atoms with Crippen LogP contribution in [0, 0.1) is 12.7 Å². The molecule has 0 aliphatic rings. The molecular weight excluding hydrogens is 171 g/mol. The van der Waals surface area contributed by atoms with Gasteiger partial charge in [0.05, 0.1) is 5.60 Å². The molecule has 0 amide bonds. The number of hydrogen-bond donors (Lipinski definition) is 2. The summed E-state index contributed by atoms with van der Waals surface area (Å²) >= 11 is 0. The molecule has 0 radical (unpaired) electrons. The Bertz CT molecular complexity index is 326. The molecule has 1 aromatic carbocycles. The number of aliphatic hydroxyl groups is 1. The van der Waals surface area contributed by atoms with E-state index in [1.54, 1.807) is 0 Å². The molecule has 72 valence electrons. The normalized spacial score (nSPS) is 11.8.